The molecule has 11 heavy (non-hydrogen) atoms. The third-order valence-corrected chi connectivity index (χ3v) is 3.82. The van der Waals surface area contributed by atoms with Gasteiger partial charge < -0.3 is 0 Å². The molecule has 1 rings (SSSR count). The molecule has 0 aliphatic heterocycles. The highest BCUT2D eigenvalue weighted by Gasteiger charge is 2.31. The standard InChI is InChI=1S/C8H14O2S/c1-2-8(11(9)10)6-4-3-5-7-8/h2,11H,1,3-7H2. The zero-order chi connectivity index (χ0) is 8.32. The molecule has 0 unspecified atom stereocenters. The van der Waals surface area contributed by atoms with Gasteiger partial charge in [-0.05, 0) is 12.8 Å². The minimum Gasteiger partial charge on any atom is -0.231 e. The molecule has 0 aromatic rings. The van der Waals surface area contributed by atoms with Gasteiger partial charge in [-0.1, -0.05) is 25.3 Å². The SMILES string of the molecule is C=CC1([SH](=O)=O)CCCCC1. The van der Waals surface area contributed by atoms with Crippen LogP contribution >= 0.6 is 0 Å². The van der Waals surface area contributed by atoms with Crippen molar-refractivity contribution >= 4 is 10.7 Å². The van der Waals surface area contributed by atoms with E-state index in [1.165, 1.54) is 6.42 Å². The largest absolute Gasteiger partial charge is 0.231 e. The third kappa shape index (κ3) is 1.64. The van der Waals surface area contributed by atoms with Crippen molar-refractivity contribution in [3.05, 3.63) is 12.7 Å². The molecule has 64 valence electrons. The van der Waals surface area contributed by atoms with Gasteiger partial charge in [0.2, 0.25) is 0 Å². The Morgan fingerprint density at radius 3 is 2.00 bits per heavy atom. The minimum absolute atomic E-state index is 0.562. The van der Waals surface area contributed by atoms with Crippen molar-refractivity contribution in [3.8, 4) is 0 Å². The van der Waals surface area contributed by atoms with E-state index in [0.29, 0.717) is 0 Å². The highest BCUT2D eigenvalue weighted by molar-refractivity contribution is 7.74. The smallest absolute Gasteiger partial charge is 0.149 e. The normalized spacial score (nSPS) is 23.4. The van der Waals surface area contributed by atoms with Crippen LogP contribution in [-0.2, 0) is 10.7 Å². The van der Waals surface area contributed by atoms with Crippen molar-refractivity contribution in [2.75, 3.05) is 0 Å². The first-order chi connectivity index (χ1) is 5.21. The number of hydrogen-bond acceptors (Lipinski definition) is 2. The summed E-state index contributed by atoms with van der Waals surface area (Å²) < 4.78 is 21.2. The summed E-state index contributed by atoms with van der Waals surface area (Å²) >= 11 is 0. The summed E-state index contributed by atoms with van der Waals surface area (Å²) in [5.41, 5.74) is 0. The van der Waals surface area contributed by atoms with Crippen molar-refractivity contribution in [2.24, 2.45) is 0 Å². The molecule has 0 aromatic heterocycles. The van der Waals surface area contributed by atoms with E-state index in [-0.39, 0.29) is 0 Å². The van der Waals surface area contributed by atoms with E-state index in [2.05, 4.69) is 6.58 Å². The van der Waals surface area contributed by atoms with E-state index in [4.69, 9.17) is 0 Å². The van der Waals surface area contributed by atoms with Gasteiger partial charge in [-0.15, -0.1) is 6.58 Å². The Bertz CT molecular complexity index is 204. The van der Waals surface area contributed by atoms with Crippen LogP contribution in [-0.4, -0.2) is 13.2 Å². The summed E-state index contributed by atoms with van der Waals surface area (Å²) in [6.07, 6.45) is 6.37. The van der Waals surface area contributed by atoms with E-state index in [1.54, 1.807) is 6.08 Å². The molecule has 1 saturated carbocycles. The van der Waals surface area contributed by atoms with Gasteiger partial charge in [0.15, 0.2) is 0 Å². The average Bonchev–Trinajstić information content (AvgIpc) is 2.05. The lowest BCUT2D eigenvalue weighted by molar-refractivity contribution is 0.432. The Hall–Kier alpha value is -0.310. The van der Waals surface area contributed by atoms with Crippen LogP contribution in [0, 0.1) is 0 Å². The van der Waals surface area contributed by atoms with Gasteiger partial charge in [0, 0.05) is 0 Å². The topological polar surface area (TPSA) is 34.1 Å². The second-order valence-electron chi connectivity index (χ2n) is 3.13. The number of hydrogen-bond donors (Lipinski definition) is 1. The lowest BCUT2D eigenvalue weighted by Crippen LogP contribution is -2.30. The van der Waals surface area contributed by atoms with Crippen LogP contribution < -0.4 is 0 Å². The Kier molecular flexibility index (Phi) is 2.71. The van der Waals surface area contributed by atoms with Crippen LogP contribution in [0.5, 0.6) is 0 Å². The summed E-state index contributed by atoms with van der Waals surface area (Å²) in [6, 6.07) is 0. The molecule has 1 fully saturated rings. The van der Waals surface area contributed by atoms with Crippen LogP contribution in [0.25, 0.3) is 0 Å². The summed E-state index contributed by atoms with van der Waals surface area (Å²) in [4.78, 5) is 0. The first-order valence-electron chi connectivity index (χ1n) is 3.99. The molecular formula is C8H14O2S. The Morgan fingerprint density at radius 2 is 1.73 bits per heavy atom. The summed E-state index contributed by atoms with van der Waals surface area (Å²) in [6.45, 7) is 3.59. The molecule has 1 aliphatic rings. The van der Waals surface area contributed by atoms with Crippen molar-refractivity contribution in [2.45, 2.75) is 36.9 Å². The van der Waals surface area contributed by atoms with Crippen molar-refractivity contribution in [1.29, 1.82) is 0 Å². The molecule has 3 heteroatoms. The predicted octanol–water partition coefficient (Wildman–Crippen LogP) is 1.49. The van der Waals surface area contributed by atoms with E-state index >= 15 is 0 Å². The monoisotopic (exact) mass is 174 g/mol. The molecule has 0 amide bonds. The summed E-state index contributed by atoms with van der Waals surface area (Å²) in [5.74, 6) is 0. The Labute approximate surface area is 69.3 Å². The van der Waals surface area contributed by atoms with Gasteiger partial charge in [0.25, 0.3) is 0 Å². The molecule has 0 heterocycles. The highest BCUT2D eigenvalue weighted by atomic mass is 32.2. The first kappa shape index (κ1) is 8.78. The molecule has 0 aromatic carbocycles. The quantitative estimate of drug-likeness (QED) is 0.508. The maximum Gasteiger partial charge on any atom is 0.149 e. The van der Waals surface area contributed by atoms with E-state index < -0.39 is 15.5 Å². The van der Waals surface area contributed by atoms with E-state index in [0.717, 1.165) is 25.7 Å². The van der Waals surface area contributed by atoms with Gasteiger partial charge in [-0.3, -0.25) is 0 Å². The molecule has 0 atom stereocenters. The minimum atomic E-state index is -2.32. The van der Waals surface area contributed by atoms with Gasteiger partial charge in [-0.25, -0.2) is 8.42 Å². The van der Waals surface area contributed by atoms with Crippen LogP contribution in [0.2, 0.25) is 0 Å². The fraction of sp³-hybridized carbons (Fsp3) is 0.750. The molecular weight excluding hydrogens is 160 g/mol. The number of thiol groups is 1. The lowest BCUT2D eigenvalue weighted by atomic mass is 9.88. The molecule has 0 saturated heterocycles. The van der Waals surface area contributed by atoms with Crippen molar-refractivity contribution in [1.82, 2.24) is 0 Å². The van der Waals surface area contributed by atoms with E-state index in [1.807, 2.05) is 0 Å². The molecule has 0 N–H and O–H groups in total. The maximum absolute atomic E-state index is 10.9. The molecule has 2 nitrogen and oxygen atoms in total. The molecule has 0 spiro atoms. The van der Waals surface area contributed by atoms with Crippen LogP contribution in [0.3, 0.4) is 0 Å². The predicted molar refractivity (Wildman–Crippen MR) is 46.3 cm³/mol. The van der Waals surface area contributed by atoms with Gasteiger partial charge in [0.1, 0.15) is 10.7 Å². The second-order valence-corrected chi connectivity index (χ2v) is 4.53. The molecule has 1 aliphatic carbocycles. The van der Waals surface area contributed by atoms with Crippen LogP contribution in [0.4, 0.5) is 0 Å². The van der Waals surface area contributed by atoms with Crippen LogP contribution in [0.1, 0.15) is 32.1 Å². The van der Waals surface area contributed by atoms with Gasteiger partial charge >= 0.3 is 0 Å². The number of rotatable bonds is 2. The molecule has 0 bridgehead atoms. The average molecular weight is 174 g/mol. The van der Waals surface area contributed by atoms with Gasteiger partial charge in [-0.2, -0.15) is 0 Å². The fourth-order valence-electron chi connectivity index (χ4n) is 1.63. The Morgan fingerprint density at radius 1 is 1.18 bits per heavy atom. The molecule has 0 radical (unpaired) electrons. The Balaban J connectivity index is 2.80. The summed E-state index contributed by atoms with van der Waals surface area (Å²) in [7, 11) is -2.32. The fourth-order valence-corrected chi connectivity index (χ4v) is 2.46. The third-order valence-electron chi connectivity index (χ3n) is 2.46. The van der Waals surface area contributed by atoms with E-state index in [9.17, 15) is 8.42 Å². The van der Waals surface area contributed by atoms with Crippen molar-refractivity contribution in [3.63, 3.8) is 0 Å². The zero-order valence-electron chi connectivity index (χ0n) is 6.58. The zero-order valence-corrected chi connectivity index (χ0v) is 7.48. The maximum atomic E-state index is 10.9. The second kappa shape index (κ2) is 3.39. The lowest BCUT2D eigenvalue weighted by Gasteiger charge is -2.27. The summed E-state index contributed by atoms with van der Waals surface area (Å²) in [5, 5.41) is 0. The highest BCUT2D eigenvalue weighted by Crippen LogP contribution is 2.31. The van der Waals surface area contributed by atoms with Crippen molar-refractivity contribution < 1.29 is 8.42 Å². The first-order valence-corrected chi connectivity index (χ1v) is 5.17. The van der Waals surface area contributed by atoms with Crippen LogP contribution in [0.15, 0.2) is 12.7 Å². The van der Waals surface area contributed by atoms with Gasteiger partial charge in [0.05, 0.1) is 4.75 Å².